The number of hydrogen-bond acceptors (Lipinski definition) is 2. The standard InChI is InChI=1S/C19H21F3N2O2/c1-14(10-11-15-6-3-2-4-7-15)23-18(25)24-16-8-5-9-17(12-16)26-13-19(20,21)22/h2-9,12,14H,10-11,13H2,1H3,(H2,23,24,25). The van der Waals surface area contributed by atoms with Crippen molar-refractivity contribution in [3.05, 3.63) is 60.2 Å². The summed E-state index contributed by atoms with van der Waals surface area (Å²) in [5.74, 6) is 0.0391. The van der Waals surface area contributed by atoms with E-state index in [0.717, 1.165) is 12.8 Å². The van der Waals surface area contributed by atoms with Gasteiger partial charge in [-0.05, 0) is 37.5 Å². The van der Waals surface area contributed by atoms with Gasteiger partial charge in [-0.2, -0.15) is 13.2 Å². The normalized spacial score (nSPS) is 12.3. The summed E-state index contributed by atoms with van der Waals surface area (Å²) in [4.78, 5) is 12.0. The molecule has 0 radical (unpaired) electrons. The molecule has 1 unspecified atom stereocenters. The molecule has 7 heteroatoms. The summed E-state index contributed by atoms with van der Waals surface area (Å²) in [6.07, 6.45) is -2.80. The number of amides is 2. The van der Waals surface area contributed by atoms with E-state index in [2.05, 4.69) is 15.4 Å². The Kier molecular flexibility index (Phi) is 6.89. The lowest BCUT2D eigenvalue weighted by atomic mass is 10.1. The van der Waals surface area contributed by atoms with E-state index >= 15 is 0 Å². The highest BCUT2D eigenvalue weighted by Crippen LogP contribution is 2.21. The van der Waals surface area contributed by atoms with Gasteiger partial charge < -0.3 is 15.4 Å². The molecule has 2 aromatic rings. The van der Waals surface area contributed by atoms with E-state index in [9.17, 15) is 18.0 Å². The zero-order valence-electron chi connectivity index (χ0n) is 14.3. The number of anilines is 1. The molecule has 26 heavy (non-hydrogen) atoms. The van der Waals surface area contributed by atoms with Crippen LogP contribution in [0, 0.1) is 0 Å². The van der Waals surface area contributed by atoms with Crippen LogP contribution in [0.15, 0.2) is 54.6 Å². The first-order valence-corrected chi connectivity index (χ1v) is 8.23. The van der Waals surface area contributed by atoms with Gasteiger partial charge >= 0.3 is 12.2 Å². The van der Waals surface area contributed by atoms with Crippen molar-refractivity contribution in [2.24, 2.45) is 0 Å². The van der Waals surface area contributed by atoms with Crippen LogP contribution >= 0.6 is 0 Å². The molecule has 1 atom stereocenters. The van der Waals surface area contributed by atoms with Crippen LogP contribution in [0.2, 0.25) is 0 Å². The van der Waals surface area contributed by atoms with E-state index < -0.39 is 18.8 Å². The number of carbonyl (C=O) groups excluding carboxylic acids is 1. The van der Waals surface area contributed by atoms with Crippen LogP contribution in [0.3, 0.4) is 0 Å². The van der Waals surface area contributed by atoms with E-state index in [1.165, 1.54) is 23.8 Å². The highest BCUT2D eigenvalue weighted by molar-refractivity contribution is 5.89. The van der Waals surface area contributed by atoms with Crippen LogP contribution in [-0.4, -0.2) is 24.9 Å². The number of nitrogens with one attached hydrogen (secondary N) is 2. The van der Waals surface area contributed by atoms with E-state index in [1.54, 1.807) is 6.07 Å². The molecule has 0 spiro atoms. The summed E-state index contributed by atoms with van der Waals surface area (Å²) in [5, 5.41) is 5.40. The van der Waals surface area contributed by atoms with Crippen LogP contribution in [-0.2, 0) is 6.42 Å². The summed E-state index contributed by atoms with van der Waals surface area (Å²) < 4.78 is 41.2. The molecule has 0 saturated carbocycles. The molecule has 0 aliphatic rings. The number of ether oxygens (including phenoxy) is 1. The Labute approximate surface area is 150 Å². The number of rotatable bonds is 7. The Morgan fingerprint density at radius 1 is 1.12 bits per heavy atom. The van der Waals surface area contributed by atoms with Crippen LogP contribution in [0.4, 0.5) is 23.7 Å². The average molecular weight is 366 g/mol. The molecule has 2 amide bonds. The summed E-state index contributed by atoms with van der Waals surface area (Å²) >= 11 is 0. The second-order valence-electron chi connectivity index (χ2n) is 5.96. The van der Waals surface area contributed by atoms with Crippen LogP contribution in [0.1, 0.15) is 18.9 Å². The van der Waals surface area contributed by atoms with E-state index in [4.69, 9.17) is 0 Å². The lowest BCUT2D eigenvalue weighted by molar-refractivity contribution is -0.153. The fraction of sp³-hybridized carbons (Fsp3) is 0.316. The third kappa shape index (κ3) is 7.46. The van der Waals surface area contributed by atoms with Crippen molar-refractivity contribution in [2.45, 2.75) is 32.0 Å². The monoisotopic (exact) mass is 366 g/mol. The van der Waals surface area contributed by atoms with Gasteiger partial charge in [0.2, 0.25) is 0 Å². The SMILES string of the molecule is CC(CCc1ccccc1)NC(=O)Nc1cccc(OCC(F)(F)F)c1. The Morgan fingerprint density at radius 2 is 1.85 bits per heavy atom. The molecular weight excluding hydrogens is 345 g/mol. The van der Waals surface area contributed by atoms with Gasteiger partial charge in [0.05, 0.1) is 0 Å². The minimum Gasteiger partial charge on any atom is -0.484 e. The highest BCUT2D eigenvalue weighted by Gasteiger charge is 2.28. The van der Waals surface area contributed by atoms with Crippen molar-refractivity contribution in [1.82, 2.24) is 5.32 Å². The number of alkyl halides is 3. The fourth-order valence-electron chi connectivity index (χ4n) is 2.32. The predicted octanol–water partition coefficient (Wildman–Crippen LogP) is 4.77. The second-order valence-corrected chi connectivity index (χ2v) is 5.96. The topological polar surface area (TPSA) is 50.4 Å². The van der Waals surface area contributed by atoms with E-state index in [0.29, 0.717) is 5.69 Å². The molecule has 4 nitrogen and oxygen atoms in total. The molecule has 2 aromatic carbocycles. The van der Waals surface area contributed by atoms with E-state index in [-0.39, 0.29) is 11.8 Å². The van der Waals surface area contributed by atoms with Gasteiger partial charge in [0.1, 0.15) is 5.75 Å². The van der Waals surface area contributed by atoms with Crippen molar-refractivity contribution in [1.29, 1.82) is 0 Å². The molecule has 0 aromatic heterocycles. The molecule has 0 bridgehead atoms. The minimum absolute atomic E-state index is 0.0391. The first kappa shape index (κ1) is 19.6. The third-order valence-corrected chi connectivity index (χ3v) is 3.58. The van der Waals surface area contributed by atoms with Crippen LogP contribution in [0.5, 0.6) is 5.75 Å². The lowest BCUT2D eigenvalue weighted by Gasteiger charge is -2.15. The predicted molar refractivity (Wildman–Crippen MR) is 94.4 cm³/mol. The third-order valence-electron chi connectivity index (χ3n) is 3.58. The quantitative estimate of drug-likeness (QED) is 0.742. The number of urea groups is 1. The summed E-state index contributed by atoms with van der Waals surface area (Å²) in [6, 6.07) is 15.3. The Hall–Kier alpha value is -2.70. The maximum Gasteiger partial charge on any atom is 0.422 e. The van der Waals surface area contributed by atoms with Crippen molar-refractivity contribution < 1.29 is 22.7 Å². The molecule has 0 aliphatic heterocycles. The molecule has 2 rings (SSSR count). The van der Waals surface area contributed by atoms with Gasteiger partial charge in [-0.15, -0.1) is 0 Å². The number of halogens is 3. The molecular formula is C19H21F3N2O2. The van der Waals surface area contributed by atoms with Crippen molar-refractivity contribution in [3.63, 3.8) is 0 Å². The summed E-state index contributed by atoms with van der Waals surface area (Å²) in [7, 11) is 0. The van der Waals surface area contributed by atoms with Gasteiger partial charge in [-0.1, -0.05) is 36.4 Å². The summed E-state index contributed by atoms with van der Waals surface area (Å²) in [5.41, 5.74) is 1.55. The zero-order valence-corrected chi connectivity index (χ0v) is 14.3. The van der Waals surface area contributed by atoms with Gasteiger partial charge in [-0.25, -0.2) is 4.79 Å². The van der Waals surface area contributed by atoms with Gasteiger partial charge in [0.15, 0.2) is 6.61 Å². The number of hydrogen-bond donors (Lipinski definition) is 2. The van der Waals surface area contributed by atoms with Gasteiger partial charge in [-0.3, -0.25) is 0 Å². The smallest absolute Gasteiger partial charge is 0.422 e. The maximum atomic E-state index is 12.2. The second kappa shape index (κ2) is 9.12. The molecule has 0 saturated heterocycles. The van der Waals surface area contributed by atoms with Crippen LogP contribution in [0.25, 0.3) is 0 Å². The number of benzene rings is 2. The number of carbonyl (C=O) groups is 1. The van der Waals surface area contributed by atoms with Gasteiger partial charge in [0.25, 0.3) is 0 Å². The first-order valence-electron chi connectivity index (χ1n) is 8.23. The maximum absolute atomic E-state index is 12.2. The molecule has 0 aliphatic carbocycles. The molecule has 140 valence electrons. The lowest BCUT2D eigenvalue weighted by Crippen LogP contribution is -2.36. The minimum atomic E-state index is -4.41. The first-order chi connectivity index (χ1) is 12.3. The zero-order chi connectivity index (χ0) is 19.0. The van der Waals surface area contributed by atoms with E-state index in [1.807, 2.05) is 37.3 Å². The van der Waals surface area contributed by atoms with Crippen molar-refractivity contribution >= 4 is 11.7 Å². The Morgan fingerprint density at radius 3 is 2.54 bits per heavy atom. The fourth-order valence-corrected chi connectivity index (χ4v) is 2.32. The Balaban J connectivity index is 1.79. The summed E-state index contributed by atoms with van der Waals surface area (Å²) in [6.45, 7) is 0.518. The largest absolute Gasteiger partial charge is 0.484 e. The number of aryl methyl sites for hydroxylation is 1. The molecule has 2 N–H and O–H groups in total. The van der Waals surface area contributed by atoms with Gasteiger partial charge in [0, 0.05) is 17.8 Å². The van der Waals surface area contributed by atoms with Crippen molar-refractivity contribution in [2.75, 3.05) is 11.9 Å². The molecule has 0 fully saturated rings. The Bertz CT molecular complexity index is 705. The molecule has 0 heterocycles. The van der Waals surface area contributed by atoms with Crippen molar-refractivity contribution in [3.8, 4) is 5.75 Å². The average Bonchev–Trinajstić information content (AvgIpc) is 2.59. The van der Waals surface area contributed by atoms with Crippen LogP contribution < -0.4 is 15.4 Å². The highest BCUT2D eigenvalue weighted by atomic mass is 19.4.